The molecule has 3 aromatic rings. The highest BCUT2D eigenvalue weighted by Gasteiger charge is 2.23. The number of ether oxygens (including phenoxy) is 3. The molecule has 0 heterocycles. The molecule has 0 aliphatic rings. The van der Waals surface area contributed by atoms with Crippen LogP contribution < -0.4 is 23.8 Å². The van der Waals surface area contributed by atoms with Gasteiger partial charge in [-0.25, -0.2) is 8.42 Å². The molecule has 0 saturated heterocycles. The van der Waals surface area contributed by atoms with Crippen LogP contribution in [-0.4, -0.2) is 41.7 Å². The van der Waals surface area contributed by atoms with Crippen molar-refractivity contribution in [3.63, 3.8) is 0 Å². The molecule has 3 aromatic carbocycles. The topological polar surface area (TPSA) is 94.2 Å². The van der Waals surface area contributed by atoms with Gasteiger partial charge in [-0.3, -0.25) is 9.10 Å². The number of sulfonamides is 1. The van der Waals surface area contributed by atoms with E-state index in [1.807, 2.05) is 38.1 Å². The van der Waals surface area contributed by atoms with Gasteiger partial charge in [0.05, 0.1) is 30.9 Å². The first-order valence-corrected chi connectivity index (χ1v) is 12.4. The van der Waals surface area contributed by atoms with Crippen molar-refractivity contribution in [2.75, 3.05) is 25.6 Å². The van der Waals surface area contributed by atoms with Gasteiger partial charge < -0.3 is 19.5 Å². The third-order valence-corrected chi connectivity index (χ3v) is 7.01. The van der Waals surface area contributed by atoms with Crippen LogP contribution in [0.15, 0.2) is 71.6 Å². The number of nitrogens with one attached hydrogen (secondary N) is 1. The van der Waals surface area contributed by atoms with E-state index >= 15 is 0 Å². The summed E-state index contributed by atoms with van der Waals surface area (Å²) in [6, 6.07) is 18.3. The Morgan fingerprint density at radius 1 is 0.943 bits per heavy atom. The minimum Gasteiger partial charge on any atom is -0.493 e. The molecular weight excluding hydrogens is 468 g/mol. The summed E-state index contributed by atoms with van der Waals surface area (Å²) in [4.78, 5) is 12.7. The lowest BCUT2D eigenvalue weighted by Crippen LogP contribution is -2.27. The Kier molecular flexibility index (Phi) is 8.24. The molecule has 0 aliphatic heterocycles. The van der Waals surface area contributed by atoms with Gasteiger partial charge in [0.2, 0.25) is 0 Å². The van der Waals surface area contributed by atoms with Crippen molar-refractivity contribution in [3.05, 3.63) is 77.9 Å². The first kappa shape index (κ1) is 25.9. The Bertz CT molecular complexity index is 1270. The van der Waals surface area contributed by atoms with Crippen LogP contribution in [0.25, 0.3) is 0 Å². The number of methoxy groups -OCH3 is 2. The van der Waals surface area contributed by atoms with Crippen LogP contribution >= 0.6 is 0 Å². The van der Waals surface area contributed by atoms with E-state index in [1.54, 1.807) is 24.3 Å². The molecule has 1 N–H and O–H groups in total. The number of rotatable bonds is 10. The van der Waals surface area contributed by atoms with E-state index in [1.165, 1.54) is 39.5 Å². The summed E-state index contributed by atoms with van der Waals surface area (Å²) in [5, 5.41) is 2.87. The van der Waals surface area contributed by atoms with E-state index in [0.717, 1.165) is 15.6 Å². The lowest BCUT2D eigenvalue weighted by Gasteiger charge is -2.20. The number of anilines is 1. The molecule has 8 nitrogen and oxygen atoms in total. The normalized spacial score (nSPS) is 11.1. The minimum absolute atomic E-state index is 0.0585. The predicted octanol–water partition coefficient (Wildman–Crippen LogP) is 4.25. The molecule has 0 fully saturated rings. The maximum absolute atomic E-state index is 13.1. The van der Waals surface area contributed by atoms with Crippen LogP contribution in [0, 0.1) is 0 Å². The van der Waals surface area contributed by atoms with Gasteiger partial charge in [0.25, 0.3) is 15.9 Å². The number of carbonyl (C=O) groups excluding carboxylic acids is 1. The van der Waals surface area contributed by atoms with Crippen molar-refractivity contribution >= 4 is 21.6 Å². The van der Waals surface area contributed by atoms with Crippen LogP contribution in [0.4, 0.5) is 5.69 Å². The average Bonchev–Trinajstić information content (AvgIpc) is 2.86. The third kappa shape index (κ3) is 6.24. The molecule has 1 amide bonds. The molecule has 0 bridgehead atoms. The summed E-state index contributed by atoms with van der Waals surface area (Å²) in [6.07, 6.45) is 0.0621. The number of carbonyl (C=O) groups is 1. The lowest BCUT2D eigenvalue weighted by atomic mass is 10.1. The third-order valence-electron chi connectivity index (χ3n) is 5.23. The number of amides is 1. The monoisotopic (exact) mass is 498 g/mol. The summed E-state index contributed by atoms with van der Waals surface area (Å²) in [5.74, 6) is 1.23. The van der Waals surface area contributed by atoms with Gasteiger partial charge in [-0.05, 0) is 67.9 Å². The average molecular weight is 499 g/mol. The standard InChI is InChI=1S/C26H30N2O6S/c1-18(2)34-22-8-6-7-19(15-22)17-27-26(29)20-9-11-21(12-10-20)28(3)35(30,31)23-13-14-24(32-4)25(16-23)33-5/h6-16,18H,17H2,1-5H3,(H,27,29). The molecule has 0 aliphatic carbocycles. The molecule has 0 radical (unpaired) electrons. The summed E-state index contributed by atoms with van der Waals surface area (Å²) in [7, 11) is 0.518. The van der Waals surface area contributed by atoms with Crippen LogP contribution in [0.2, 0.25) is 0 Å². The Morgan fingerprint density at radius 2 is 1.63 bits per heavy atom. The van der Waals surface area contributed by atoms with E-state index in [-0.39, 0.29) is 16.9 Å². The smallest absolute Gasteiger partial charge is 0.264 e. The van der Waals surface area contributed by atoms with Crippen LogP contribution in [0.5, 0.6) is 17.2 Å². The van der Waals surface area contributed by atoms with Crippen molar-refractivity contribution in [1.29, 1.82) is 0 Å². The zero-order chi connectivity index (χ0) is 25.6. The second kappa shape index (κ2) is 11.1. The summed E-state index contributed by atoms with van der Waals surface area (Å²) in [6.45, 7) is 4.24. The lowest BCUT2D eigenvalue weighted by molar-refractivity contribution is 0.0951. The van der Waals surface area contributed by atoms with Crippen LogP contribution in [-0.2, 0) is 16.6 Å². The Hall–Kier alpha value is -3.72. The quantitative estimate of drug-likeness (QED) is 0.449. The molecule has 3 rings (SSSR count). The van der Waals surface area contributed by atoms with Crippen LogP contribution in [0.1, 0.15) is 29.8 Å². The van der Waals surface area contributed by atoms with Gasteiger partial charge in [0, 0.05) is 25.2 Å². The molecule has 9 heteroatoms. The molecule has 0 spiro atoms. The fraction of sp³-hybridized carbons (Fsp3) is 0.269. The van der Waals surface area contributed by atoms with E-state index in [4.69, 9.17) is 14.2 Å². The number of nitrogens with zero attached hydrogens (tertiary/aromatic N) is 1. The molecule has 0 aromatic heterocycles. The van der Waals surface area contributed by atoms with Gasteiger partial charge in [0.1, 0.15) is 5.75 Å². The molecule has 186 valence electrons. The maximum atomic E-state index is 13.1. The van der Waals surface area contributed by atoms with Gasteiger partial charge in [-0.15, -0.1) is 0 Å². The number of hydrogen-bond acceptors (Lipinski definition) is 6. The Labute approximate surface area is 206 Å². The number of benzene rings is 3. The summed E-state index contributed by atoms with van der Waals surface area (Å²) < 4.78 is 43.5. The first-order chi connectivity index (χ1) is 16.6. The second-order valence-corrected chi connectivity index (χ2v) is 10.0. The van der Waals surface area contributed by atoms with Crippen molar-refractivity contribution in [1.82, 2.24) is 5.32 Å². The van der Waals surface area contributed by atoms with E-state index < -0.39 is 10.0 Å². The molecule has 0 unspecified atom stereocenters. The Morgan fingerprint density at radius 3 is 2.26 bits per heavy atom. The zero-order valence-electron chi connectivity index (χ0n) is 20.4. The second-order valence-electron chi connectivity index (χ2n) is 8.03. The predicted molar refractivity (Wildman–Crippen MR) is 135 cm³/mol. The largest absolute Gasteiger partial charge is 0.493 e. The minimum atomic E-state index is -3.86. The maximum Gasteiger partial charge on any atom is 0.264 e. The fourth-order valence-electron chi connectivity index (χ4n) is 3.38. The fourth-order valence-corrected chi connectivity index (χ4v) is 4.59. The Balaban J connectivity index is 1.69. The van der Waals surface area contributed by atoms with Crippen molar-refractivity contribution in [2.45, 2.75) is 31.4 Å². The van der Waals surface area contributed by atoms with Gasteiger partial charge in [0.15, 0.2) is 11.5 Å². The molecular formula is C26H30N2O6S. The van der Waals surface area contributed by atoms with E-state index in [0.29, 0.717) is 29.3 Å². The van der Waals surface area contributed by atoms with Crippen molar-refractivity contribution < 1.29 is 27.4 Å². The van der Waals surface area contributed by atoms with E-state index in [2.05, 4.69) is 5.32 Å². The van der Waals surface area contributed by atoms with Gasteiger partial charge in [-0.2, -0.15) is 0 Å². The highest BCUT2D eigenvalue weighted by molar-refractivity contribution is 7.92. The SMILES string of the molecule is COc1ccc(S(=O)(=O)N(C)c2ccc(C(=O)NCc3cccc(OC(C)C)c3)cc2)cc1OC. The molecule has 35 heavy (non-hydrogen) atoms. The summed E-state index contributed by atoms with van der Waals surface area (Å²) in [5.41, 5.74) is 1.74. The first-order valence-electron chi connectivity index (χ1n) is 11.0. The van der Waals surface area contributed by atoms with Crippen LogP contribution in [0.3, 0.4) is 0 Å². The highest BCUT2D eigenvalue weighted by atomic mass is 32.2. The van der Waals surface area contributed by atoms with E-state index in [9.17, 15) is 13.2 Å². The van der Waals surface area contributed by atoms with Gasteiger partial charge >= 0.3 is 0 Å². The van der Waals surface area contributed by atoms with Gasteiger partial charge in [-0.1, -0.05) is 12.1 Å². The highest BCUT2D eigenvalue weighted by Crippen LogP contribution is 2.31. The number of hydrogen-bond donors (Lipinski definition) is 1. The molecule has 0 saturated carbocycles. The summed E-state index contributed by atoms with van der Waals surface area (Å²) >= 11 is 0. The molecule has 0 atom stereocenters. The van der Waals surface area contributed by atoms with Crippen molar-refractivity contribution in [3.8, 4) is 17.2 Å². The van der Waals surface area contributed by atoms with Crippen molar-refractivity contribution in [2.24, 2.45) is 0 Å². The zero-order valence-corrected chi connectivity index (χ0v) is 21.3.